The molecule has 1 N–H and O–H groups in total. The van der Waals surface area contributed by atoms with E-state index >= 15 is 0 Å². The van der Waals surface area contributed by atoms with Crippen molar-refractivity contribution in [2.45, 2.75) is 20.0 Å². The van der Waals surface area contributed by atoms with Crippen molar-refractivity contribution in [2.75, 3.05) is 31.1 Å². The van der Waals surface area contributed by atoms with Gasteiger partial charge in [-0.25, -0.2) is 0 Å². The summed E-state index contributed by atoms with van der Waals surface area (Å²) in [6, 6.07) is 12.2. The number of amides is 1. The first-order chi connectivity index (χ1) is 18.5. The third kappa shape index (κ3) is 4.02. The summed E-state index contributed by atoms with van der Waals surface area (Å²) in [5.41, 5.74) is 4.16. The fraction of sp³-hybridized carbons (Fsp3) is 0.286. The number of hydrogen-bond donors (Lipinski definition) is 1. The first-order valence-corrected chi connectivity index (χ1v) is 12.4. The molecule has 10 heteroatoms. The minimum atomic E-state index is -0.0514. The second kappa shape index (κ2) is 9.27. The fourth-order valence-electron chi connectivity index (χ4n) is 5.47. The molecule has 2 saturated heterocycles. The molecule has 6 rings (SSSR count). The van der Waals surface area contributed by atoms with Gasteiger partial charge in [-0.05, 0) is 37.1 Å². The van der Waals surface area contributed by atoms with E-state index in [0.717, 1.165) is 34.1 Å². The number of fused-ring (bicyclic) bond motifs is 1. The first-order valence-electron chi connectivity index (χ1n) is 12.4. The molecule has 2 aliphatic rings. The number of pyridine rings is 1. The van der Waals surface area contributed by atoms with Gasteiger partial charge in [-0.1, -0.05) is 24.8 Å². The van der Waals surface area contributed by atoms with Gasteiger partial charge in [-0.3, -0.25) is 14.9 Å². The SMILES string of the molecule is C=CC(=O)N1CC2(CCN(c3nc(OCc4ccccn4)nc(-c4c(C)ccc5cn[nH]c45)c3C#N)C2)C1. The maximum Gasteiger partial charge on any atom is 0.319 e. The third-order valence-corrected chi connectivity index (χ3v) is 7.40. The number of benzene rings is 1. The number of anilines is 1. The Labute approximate surface area is 219 Å². The quantitative estimate of drug-likeness (QED) is 0.395. The van der Waals surface area contributed by atoms with Crippen LogP contribution in [-0.4, -0.2) is 62.1 Å². The van der Waals surface area contributed by atoms with E-state index in [2.05, 4.69) is 32.7 Å². The Balaban J connectivity index is 1.41. The standard InChI is InChI=1S/C28H26N8O2/c1-3-22(37)36-16-28(17-36)9-11-35(15-28)26-21(12-29)25(23-18(2)7-8-19-13-31-34-24(19)23)32-27(33-26)38-14-20-6-4-5-10-30-20/h3-8,10,13H,1,9,11,14-17H2,2H3,(H,31,34). The molecule has 0 saturated carbocycles. The number of ether oxygens (including phenoxy) is 1. The molecule has 2 aliphatic heterocycles. The summed E-state index contributed by atoms with van der Waals surface area (Å²) in [6.45, 7) is 8.52. The van der Waals surface area contributed by atoms with Gasteiger partial charge in [0.1, 0.15) is 18.2 Å². The highest BCUT2D eigenvalue weighted by atomic mass is 16.5. The summed E-state index contributed by atoms with van der Waals surface area (Å²) in [5, 5.41) is 18.6. The summed E-state index contributed by atoms with van der Waals surface area (Å²) >= 11 is 0. The Bertz CT molecular complexity index is 1580. The van der Waals surface area contributed by atoms with Crippen LogP contribution >= 0.6 is 0 Å². The van der Waals surface area contributed by atoms with Crippen molar-refractivity contribution in [3.63, 3.8) is 0 Å². The van der Waals surface area contributed by atoms with Crippen molar-refractivity contribution < 1.29 is 9.53 Å². The molecule has 3 aromatic heterocycles. The Morgan fingerprint density at radius 2 is 2.13 bits per heavy atom. The molecule has 10 nitrogen and oxygen atoms in total. The second-order valence-corrected chi connectivity index (χ2v) is 9.94. The average Bonchev–Trinajstić information content (AvgIpc) is 3.58. The number of nitrogens with zero attached hydrogens (tertiary/aromatic N) is 7. The number of carbonyl (C=O) groups is 1. The zero-order chi connectivity index (χ0) is 26.3. The molecule has 0 atom stereocenters. The zero-order valence-corrected chi connectivity index (χ0v) is 21.0. The number of H-pyrrole nitrogens is 1. The molecule has 1 aromatic carbocycles. The van der Waals surface area contributed by atoms with Crippen LogP contribution in [0.1, 0.15) is 23.2 Å². The van der Waals surface area contributed by atoms with Crippen LogP contribution in [0.5, 0.6) is 6.01 Å². The van der Waals surface area contributed by atoms with Crippen molar-refractivity contribution in [1.82, 2.24) is 30.0 Å². The predicted molar refractivity (Wildman–Crippen MR) is 141 cm³/mol. The number of rotatable bonds is 6. The highest BCUT2D eigenvalue weighted by molar-refractivity contribution is 5.96. The molecule has 2 fully saturated rings. The number of hydrogen-bond acceptors (Lipinski definition) is 8. The third-order valence-electron chi connectivity index (χ3n) is 7.40. The molecule has 0 bridgehead atoms. The van der Waals surface area contributed by atoms with Crippen LogP contribution in [0, 0.1) is 23.7 Å². The summed E-state index contributed by atoms with van der Waals surface area (Å²) in [5.74, 6) is 0.485. The van der Waals surface area contributed by atoms with Gasteiger partial charge in [0.25, 0.3) is 0 Å². The van der Waals surface area contributed by atoms with Gasteiger partial charge in [0, 0.05) is 48.7 Å². The number of likely N-dealkylation sites (tertiary alicyclic amines) is 1. The Hall–Kier alpha value is -4.78. The predicted octanol–water partition coefficient (Wildman–Crippen LogP) is 3.40. The van der Waals surface area contributed by atoms with Crippen LogP contribution in [0.25, 0.3) is 22.2 Å². The molecule has 190 valence electrons. The van der Waals surface area contributed by atoms with Crippen molar-refractivity contribution >= 4 is 22.6 Å². The van der Waals surface area contributed by atoms with Gasteiger partial charge in [-0.2, -0.15) is 20.3 Å². The fourth-order valence-corrected chi connectivity index (χ4v) is 5.47. The molecule has 5 heterocycles. The minimum Gasteiger partial charge on any atom is -0.457 e. The lowest BCUT2D eigenvalue weighted by molar-refractivity contribution is -0.136. The molecule has 4 aromatic rings. The lowest BCUT2D eigenvalue weighted by atomic mass is 9.79. The van der Waals surface area contributed by atoms with Crippen LogP contribution in [0.3, 0.4) is 0 Å². The number of aromatic nitrogens is 5. The number of aryl methyl sites for hydroxylation is 1. The van der Waals surface area contributed by atoms with Gasteiger partial charge in [0.05, 0.1) is 23.1 Å². The normalized spacial score (nSPS) is 15.9. The minimum absolute atomic E-state index is 0.0230. The summed E-state index contributed by atoms with van der Waals surface area (Å²) in [6.07, 6.45) is 5.72. The van der Waals surface area contributed by atoms with Crippen molar-refractivity contribution in [3.8, 4) is 23.3 Å². The average molecular weight is 507 g/mol. The summed E-state index contributed by atoms with van der Waals surface area (Å²) in [7, 11) is 0. The molecule has 38 heavy (non-hydrogen) atoms. The summed E-state index contributed by atoms with van der Waals surface area (Å²) in [4.78, 5) is 29.8. The van der Waals surface area contributed by atoms with E-state index in [0.29, 0.717) is 43.3 Å². The van der Waals surface area contributed by atoms with E-state index in [1.807, 2.05) is 37.3 Å². The Morgan fingerprint density at radius 1 is 1.26 bits per heavy atom. The van der Waals surface area contributed by atoms with E-state index < -0.39 is 0 Å². The smallest absolute Gasteiger partial charge is 0.319 e. The first kappa shape index (κ1) is 23.6. The maximum atomic E-state index is 12.0. The zero-order valence-electron chi connectivity index (χ0n) is 21.0. The van der Waals surface area contributed by atoms with Crippen LogP contribution in [0.15, 0.2) is 55.4 Å². The lowest BCUT2D eigenvalue weighted by Gasteiger charge is -2.47. The van der Waals surface area contributed by atoms with Gasteiger partial charge in [0.15, 0.2) is 5.82 Å². The van der Waals surface area contributed by atoms with Crippen LogP contribution in [0.4, 0.5) is 5.82 Å². The number of nitrogens with one attached hydrogen (secondary N) is 1. The monoisotopic (exact) mass is 506 g/mol. The number of nitriles is 1. The molecule has 1 amide bonds. The highest BCUT2D eigenvalue weighted by Gasteiger charge is 2.49. The number of carbonyl (C=O) groups excluding carboxylic acids is 1. The van der Waals surface area contributed by atoms with Crippen molar-refractivity contribution in [3.05, 3.63) is 72.2 Å². The van der Waals surface area contributed by atoms with E-state index in [9.17, 15) is 10.1 Å². The largest absolute Gasteiger partial charge is 0.457 e. The Kier molecular flexibility index (Phi) is 5.76. The number of aromatic amines is 1. The highest BCUT2D eigenvalue weighted by Crippen LogP contribution is 2.43. The van der Waals surface area contributed by atoms with Crippen LogP contribution in [-0.2, 0) is 11.4 Å². The van der Waals surface area contributed by atoms with Crippen LogP contribution < -0.4 is 9.64 Å². The van der Waals surface area contributed by atoms with Crippen LogP contribution in [0.2, 0.25) is 0 Å². The molecule has 1 spiro atoms. The van der Waals surface area contributed by atoms with Gasteiger partial charge < -0.3 is 14.5 Å². The summed E-state index contributed by atoms with van der Waals surface area (Å²) < 4.78 is 6.03. The van der Waals surface area contributed by atoms with E-state index in [1.54, 1.807) is 17.3 Å². The topological polar surface area (TPSA) is 124 Å². The molecular formula is C28H26N8O2. The molecule has 0 aliphatic carbocycles. The maximum absolute atomic E-state index is 12.0. The van der Waals surface area contributed by atoms with E-state index in [1.165, 1.54) is 6.08 Å². The molecule has 0 unspecified atom stereocenters. The van der Waals surface area contributed by atoms with Gasteiger partial charge in [-0.15, -0.1) is 0 Å². The van der Waals surface area contributed by atoms with E-state index in [-0.39, 0.29) is 23.9 Å². The van der Waals surface area contributed by atoms with Crippen molar-refractivity contribution in [1.29, 1.82) is 5.26 Å². The van der Waals surface area contributed by atoms with Gasteiger partial charge in [0.2, 0.25) is 5.91 Å². The molecular weight excluding hydrogens is 480 g/mol. The molecule has 0 radical (unpaired) electrons. The lowest BCUT2D eigenvalue weighted by Crippen LogP contribution is -2.59. The Morgan fingerprint density at radius 3 is 2.89 bits per heavy atom. The van der Waals surface area contributed by atoms with Gasteiger partial charge >= 0.3 is 6.01 Å². The van der Waals surface area contributed by atoms with Crippen molar-refractivity contribution in [2.24, 2.45) is 5.41 Å². The van der Waals surface area contributed by atoms with E-state index in [4.69, 9.17) is 14.7 Å². The second-order valence-electron chi connectivity index (χ2n) is 9.94.